The van der Waals surface area contributed by atoms with Crippen LogP contribution < -0.4 is 10.4 Å². The van der Waals surface area contributed by atoms with Crippen LogP contribution in [0.1, 0.15) is 33.3 Å². The second kappa shape index (κ2) is 8.35. The maximum Gasteiger partial charge on any atom is 0.352 e. The fraction of sp³-hybridized carbons (Fsp3) is 0.250. The average molecular weight is 491 g/mol. The number of thioether (sulfide) groups is 1. The molecule has 11 heteroatoms. The summed E-state index contributed by atoms with van der Waals surface area (Å²) in [6.45, 7) is 7.30. The first-order valence-electron chi connectivity index (χ1n) is 10.8. The molecule has 0 atom stereocenters. The van der Waals surface area contributed by atoms with E-state index in [1.54, 1.807) is 23.0 Å². The SMILES string of the molecule is CSc1ncc2c(=O)n3c(nc2n1)c1c(OOC(C)=O)c(C(C)(C)C)ccc1n3-c1ccccn1. The number of benzene rings is 1. The van der Waals surface area contributed by atoms with E-state index in [-0.39, 0.29) is 22.0 Å². The van der Waals surface area contributed by atoms with Gasteiger partial charge in [0.2, 0.25) is 0 Å². The van der Waals surface area contributed by atoms with E-state index in [0.717, 1.165) is 5.56 Å². The van der Waals surface area contributed by atoms with Crippen LogP contribution in [-0.2, 0) is 15.1 Å². The van der Waals surface area contributed by atoms with Crippen molar-refractivity contribution < 1.29 is 14.6 Å². The Balaban J connectivity index is 2.02. The zero-order valence-corrected chi connectivity index (χ0v) is 20.6. The normalized spacial score (nSPS) is 11.9. The maximum atomic E-state index is 13.8. The number of nitrogens with zero attached hydrogens (tertiary/aromatic N) is 6. The highest BCUT2D eigenvalue weighted by atomic mass is 32.2. The fourth-order valence-corrected chi connectivity index (χ4v) is 4.29. The predicted molar refractivity (Wildman–Crippen MR) is 132 cm³/mol. The molecular formula is C24H22N6O4S. The molecule has 0 saturated carbocycles. The van der Waals surface area contributed by atoms with E-state index in [1.807, 2.05) is 45.2 Å². The Morgan fingerprint density at radius 3 is 2.54 bits per heavy atom. The van der Waals surface area contributed by atoms with Crippen LogP contribution in [0.3, 0.4) is 0 Å². The van der Waals surface area contributed by atoms with Gasteiger partial charge >= 0.3 is 5.97 Å². The van der Waals surface area contributed by atoms with Gasteiger partial charge in [0.1, 0.15) is 5.39 Å². The van der Waals surface area contributed by atoms with Crippen molar-refractivity contribution in [3.05, 3.63) is 58.6 Å². The van der Waals surface area contributed by atoms with Crippen molar-refractivity contribution in [3.63, 3.8) is 0 Å². The summed E-state index contributed by atoms with van der Waals surface area (Å²) in [4.78, 5) is 53.9. The number of aromatic nitrogens is 6. The molecule has 0 unspecified atom stereocenters. The summed E-state index contributed by atoms with van der Waals surface area (Å²) in [6.07, 6.45) is 4.97. The number of hydrogen-bond donors (Lipinski definition) is 0. The fourth-order valence-electron chi connectivity index (χ4n) is 3.95. The van der Waals surface area contributed by atoms with Crippen molar-refractivity contribution >= 4 is 45.3 Å². The minimum Gasteiger partial charge on any atom is -0.286 e. The Hall–Kier alpha value is -3.99. The summed E-state index contributed by atoms with van der Waals surface area (Å²) >= 11 is 1.35. The highest BCUT2D eigenvalue weighted by Gasteiger charge is 2.28. The topological polar surface area (TPSA) is 114 Å². The van der Waals surface area contributed by atoms with Gasteiger partial charge in [-0.3, -0.25) is 14.6 Å². The lowest BCUT2D eigenvalue weighted by Gasteiger charge is -2.22. The second-order valence-corrected chi connectivity index (χ2v) is 9.66. The van der Waals surface area contributed by atoms with Gasteiger partial charge in [-0.25, -0.2) is 29.4 Å². The molecule has 1 aromatic carbocycles. The van der Waals surface area contributed by atoms with E-state index in [9.17, 15) is 9.59 Å². The number of hydrogen-bond acceptors (Lipinski definition) is 9. The quantitative estimate of drug-likeness (QED) is 0.160. The highest BCUT2D eigenvalue weighted by Crippen LogP contribution is 2.40. The van der Waals surface area contributed by atoms with Crippen LogP contribution in [0.5, 0.6) is 5.75 Å². The molecule has 35 heavy (non-hydrogen) atoms. The molecule has 0 spiro atoms. The van der Waals surface area contributed by atoms with Crippen LogP contribution in [0.25, 0.3) is 33.4 Å². The number of rotatable bonds is 4. The van der Waals surface area contributed by atoms with Crippen molar-refractivity contribution in [1.82, 2.24) is 29.1 Å². The van der Waals surface area contributed by atoms with Gasteiger partial charge in [-0.15, -0.1) is 0 Å². The molecule has 0 fully saturated rings. The molecule has 0 N–H and O–H groups in total. The summed E-state index contributed by atoms with van der Waals surface area (Å²) in [6, 6.07) is 9.16. The molecular weight excluding hydrogens is 468 g/mol. The summed E-state index contributed by atoms with van der Waals surface area (Å²) in [5.74, 6) is 0.186. The zero-order valence-electron chi connectivity index (χ0n) is 19.8. The summed E-state index contributed by atoms with van der Waals surface area (Å²) < 4.78 is 3.08. The monoisotopic (exact) mass is 490 g/mol. The summed E-state index contributed by atoms with van der Waals surface area (Å²) in [7, 11) is 0. The Morgan fingerprint density at radius 1 is 1.09 bits per heavy atom. The lowest BCUT2D eigenvalue weighted by Crippen LogP contribution is -2.22. The van der Waals surface area contributed by atoms with Crippen LogP contribution >= 0.6 is 11.8 Å². The summed E-state index contributed by atoms with van der Waals surface area (Å²) in [5, 5.41) is 1.25. The minimum atomic E-state index is -0.608. The first kappa shape index (κ1) is 22.8. The molecule has 0 aliphatic rings. The van der Waals surface area contributed by atoms with E-state index in [0.29, 0.717) is 33.3 Å². The third-order valence-corrected chi connectivity index (χ3v) is 6.03. The van der Waals surface area contributed by atoms with Crippen LogP contribution in [0.4, 0.5) is 0 Å². The Labute approximate surface area is 203 Å². The molecule has 5 aromatic rings. The Bertz CT molecular complexity index is 1670. The molecule has 178 valence electrons. The van der Waals surface area contributed by atoms with E-state index in [1.165, 1.54) is 29.4 Å². The Morgan fingerprint density at radius 2 is 1.89 bits per heavy atom. The number of carbonyl (C=O) groups excluding carboxylic acids is 1. The third kappa shape index (κ3) is 3.77. The molecule has 0 aliphatic heterocycles. The van der Waals surface area contributed by atoms with E-state index >= 15 is 0 Å². The van der Waals surface area contributed by atoms with Gasteiger partial charge < -0.3 is 0 Å². The van der Waals surface area contributed by atoms with Crippen LogP contribution in [0, 0.1) is 0 Å². The molecule has 10 nitrogen and oxygen atoms in total. The first-order valence-corrected chi connectivity index (χ1v) is 12.0. The van der Waals surface area contributed by atoms with Crippen molar-refractivity contribution in [2.24, 2.45) is 0 Å². The number of carbonyl (C=O) groups is 1. The lowest BCUT2D eigenvalue weighted by molar-refractivity contribution is -0.210. The maximum absolute atomic E-state index is 13.8. The molecule has 5 rings (SSSR count). The van der Waals surface area contributed by atoms with Gasteiger partial charge in [-0.2, -0.15) is 4.52 Å². The van der Waals surface area contributed by atoms with E-state index < -0.39 is 5.97 Å². The van der Waals surface area contributed by atoms with Crippen molar-refractivity contribution in [1.29, 1.82) is 0 Å². The molecule has 0 radical (unpaired) electrons. The van der Waals surface area contributed by atoms with Crippen molar-refractivity contribution in [2.45, 2.75) is 38.3 Å². The minimum absolute atomic E-state index is 0.258. The first-order chi connectivity index (χ1) is 16.7. The molecule has 4 heterocycles. The standard InChI is InChI=1S/C24H22N6O4S/c1-13(31)33-34-19-15(24(2,3)4)9-10-16-18(19)21-27-20-14(12-26-23(28-20)35-5)22(32)30(21)29(16)17-8-6-7-11-25-17/h6-12H,1-5H3. The predicted octanol–water partition coefficient (Wildman–Crippen LogP) is 3.85. The zero-order chi connectivity index (χ0) is 24.9. The molecule has 0 amide bonds. The average Bonchev–Trinajstić information content (AvgIpc) is 3.17. The van der Waals surface area contributed by atoms with Gasteiger partial charge in [-0.05, 0) is 29.9 Å². The van der Waals surface area contributed by atoms with Crippen LogP contribution in [0.15, 0.2) is 52.7 Å². The van der Waals surface area contributed by atoms with Gasteiger partial charge in [0.05, 0.1) is 10.9 Å². The highest BCUT2D eigenvalue weighted by molar-refractivity contribution is 7.98. The van der Waals surface area contributed by atoms with Gasteiger partial charge in [-0.1, -0.05) is 44.7 Å². The van der Waals surface area contributed by atoms with Gasteiger partial charge in [0.25, 0.3) is 5.56 Å². The molecule has 0 bridgehead atoms. The number of pyridine rings is 1. The van der Waals surface area contributed by atoms with Crippen molar-refractivity contribution in [2.75, 3.05) is 6.26 Å². The van der Waals surface area contributed by atoms with E-state index in [2.05, 4.69) is 15.0 Å². The smallest absolute Gasteiger partial charge is 0.286 e. The van der Waals surface area contributed by atoms with Crippen LogP contribution in [0.2, 0.25) is 0 Å². The van der Waals surface area contributed by atoms with Gasteiger partial charge in [0, 0.05) is 24.9 Å². The van der Waals surface area contributed by atoms with Gasteiger partial charge in [0.15, 0.2) is 28.0 Å². The third-order valence-electron chi connectivity index (χ3n) is 5.47. The Kier molecular flexibility index (Phi) is 5.43. The lowest BCUT2D eigenvalue weighted by atomic mass is 9.85. The van der Waals surface area contributed by atoms with E-state index in [4.69, 9.17) is 14.8 Å². The molecule has 0 aliphatic carbocycles. The summed E-state index contributed by atoms with van der Waals surface area (Å²) in [5.41, 5.74) is 1.18. The second-order valence-electron chi connectivity index (χ2n) is 8.89. The molecule has 0 saturated heterocycles. The number of fused-ring (bicyclic) bond motifs is 4. The van der Waals surface area contributed by atoms with Crippen LogP contribution in [-0.4, -0.2) is 41.4 Å². The van der Waals surface area contributed by atoms with Crippen molar-refractivity contribution in [3.8, 4) is 11.6 Å². The largest absolute Gasteiger partial charge is 0.352 e. The molecule has 4 aromatic heterocycles.